The third-order valence-corrected chi connectivity index (χ3v) is 4.88. The Bertz CT molecular complexity index is 598. The molecule has 2 amide bonds. The third kappa shape index (κ3) is 3.07. The summed E-state index contributed by atoms with van der Waals surface area (Å²) in [6, 6.07) is 2.72. The molecule has 1 aliphatic carbocycles. The fourth-order valence-electron chi connectivity index (χ4n) is 3.91. The van der Waals surface area contributed by atoms with Crippen molar-refractivity contribution in [2.75, 3.05) is 6.61 Å². The van der Waals surface area contributed by atoms with Gasteiger partial charge >= 0.3 is 0 Å². The number of furan rings is 1. The van der Waals surface area contributed by atoms with E-state index < -0.39 is 11.8 Å². The van der Waals surface area contributed by atoms with Crippen LogP contribution in [0.25, 0.3) is 0 Å². The Balaban J connectivity index is 1.92. The van der Waals surface area contributed by atoms with Crippen molar-refractivity contribution in [2.24, 2.45) is 5.92 Å². The van der Waals surface area contributed by atoms with Gasteiger partial charge in [-0.1, -0.05) is 13.3 Å². The molecule has 6 nitrogen and oxygen atoms in total. The second kappa shape index (κ2) is 6.59. The minimum Gasteiger partial charge on any atom is -0.459 e. The van der Waals surface area contributed by atoms with Crippen LogP contribution in [-0.4, -0.2) is 41.1 Å². The summed E-state index contributed by atoms with van der Waals surface area (Å²) in [5, 5.41) is 2.90. The lowest BCUT2D eigenvalue weighted by Crippen LogP contribution is -2.57. The number of nitrogens with one attached hydrogen (secondary N) is 1. The summed E-state index contributed by atoms with van der Waals surface area (Å²) in [6.07, 6.45) is 5.10. The molecule has 3 rings (SSSR count). The molecule has 1 aromatic rings. The van der Waals surface area contributed by atoms with Crippen molar-refractivity contribution in [3.63, 3.8) is 0 Å². The maximum Gasteiger partial charge on any atom is 0.292 e. The van der Waals surface area contributed by atoms with Crippen LogP contribution in [0.4, 0.5) is 0 Å². The molecule has 24 heavy (non-hydrogen) atoms. The Kier molecular flexibility index (Phi) is 4.67. The molecule has 1 N–H and O–H groups in total. The summed E-state index contributed by atoms with van der Waals surface area (Å²) in [7, 11) is 0. The third-order valence-electron chi connectivity index (χ3n) is 4.88. The molecule has 2 fully saturated rings. The van der Waals surface area contributed by atoms with Gasteiger partial charge in [-0.2, -0.15) is 0 Å². The predicted molar refractivity (Wildman–Crippen MR) is 88.3 cm³/mol. The summed E-state index contributed by atoms with van der Waals surface area (Å²) in [5.41, 5.74) is -0.694. The van der Waals surface area contributed by atoms with Gasteiger partial charge in [0.25, 0.3) is 5.91 Å². The van der Waals surface area contributed by atoms with Crippen LogP contribution >= 0.6 is 0 Å². The molecule has 132 valence electrons. The second-order valence-corrected chi connectivity index (χ2v) is 7.29. The molecule has 6 heteroatoms. The van der Waals surface area contributed by atoms with E-state index in [-0.39, 0.29) is 30.2 Å². The zero-order valence-corrected chi connectivity index (χ0v) is 14.6. The first-order valence-corrected chi connectivity index (χ1v) is 8.74. The molecule has 2 heterocycles. The maximum atomic E-state index is 13.1. The van der Waals surface area contributed by atoms with Crippen molar-refractivity contribution >= 4 is 11.8 Å². The highest BCUT2D eigenvalue weighted by Gasteiger charge is 2.54. The summed E-state index contributed by atoms with van der Waals surface area (Å²) in [5.74, 6) is 0.272. The highest BCUT2D eigenvalue weighted by molar-refractivity contribution is 5.96. The summed E-state index contributed by atoms with van der Waals surface area (Å²) in [6.45, 7) is 6.22. The first-order chi connectivity index (χ1) is 11.4. The highest BCUT2D eigenvalue weighted by atomic mass is 16.5. The van der Waals surface area contributed by atoms with Crippen LogP contribution in [-0.2, 0) is 9.53 Å². The number of hydrogen-bond acceptors (Lipinski definition) is 4. The zero-order chi connectivity index (χ0) is 17.3. The minimum atomic E-state index is -0.694. The Labute approximate surface area is 142 Å². The van der Waals surface area contributed by atoms with Crippen molar-refractivity contribution in [3.05, 3.63) is 24.2 Å². The molecule has 1 aromatic heterocycles. The molecule has 3 atom stereocenters. The lowest BCUT2D eigenvalue weighted by atomic mass is 9.83. The SMILES string of the molecule is CC(C)NC(=O)[C@H]1CO[C@]2(CCC[C@@H](C)C2)N1C(=O)c1ccco1. The molecule has 2 aliphatic rings. The molecule has 0 bridgehead atoms. The number of rotatable bonds is 3. The average molecular weight is 334 g/mol. The first-order valence-electron chi connectivity index (χ1n) is 8.74. The average Bonchev–Trinajstić information content (AvgIpc) is 3.14. The van der Waals surface area contributed by atoms with Crippen LogP contribution in [0.3, 0.4) is 0 Å². The van der Waals surface area contributed by atoms with Crippen LogP contribution in [0.5, 0.6) is 0 Å². The molecular formula is C18H26N2O4. The second-order valence-electron chi connectivity index (χ2n) is 7.29. The van der Waals surface area contributed by atoms with E-state index in [2.05, 4.69) is 12.2 Å². The normalized spacial score (nSPS) is 30.1. The smallest absolute Gasteiger partial charge is 0.292 e. The molecule has 1 saturated carbocycles. The van der Waals surface area contributed by atoms with Crippen molar-refractivity contribution in [1.82, 2.24) is 10.2 Å². The van der Waals surface area contributed by atoms with Gasteiger partial charge in [0.05, 0.1) is 12.9 Å². The van der Waals surface area contributed by atoms with Crippen LogP contribution in [0.1, 0.15) is 57.0 Å². The van der Waals surface area contributed by atoms with E-state index in [0.29, 0.717) is 5.92 Å². The first kappa shape index (κ1) is 17.0. The minimum absolute atomic E-state index is 0.0138. The summed E-state index contributed by atoms with van der Waals surface area (Å²) >= 11 is 0. The van der Waals surface area contributed by atoms with Crippen molar-refractivity contribution in [1.29, 1.82) is 0 Å². The quantitative estimate of drug-likeness (QED) is 0.922. The van der Waals surface area contributed by atoms with Gasteiger partial charge in [0.15, 0.2) is 5.76 Å². The Morgan fingerprint density at radius 1 is 1.42 bits per heavy atom. The van der Waals surface area contributed by atoms with Crippen LogP contribution in [0.2, 0.25) is 0 Å². The number of hydrogen-bond donors (Lipinski definition) is 1. The van der Waals surface area contributed by atoms with Gasteiger partial charge in [-0.15, -0.1) is 0 Å². The largest absolute Gasteiger partial charge is 0.459 e. The van der Waals surface area contributed by atoms with Gasteiger partial charge in [0.1, 0.15) is 11.8 Å². The Morgan fingerprint density at radius 3 is 2.83 bits per heavy atom. The van der Waals surface area contributed by atoms with Crippen LogP contribution in [0, 0.1) is 5.92 Å². The van der Waals surface area contributed by atoms with Gasteiger partial charge in [0.2, 0.25) is 5.91 Å². The predicted octanol–water partition coefficient (Wildman–Crippen LogP) is 2.55. The number of carbonyl (C=O) groups excluding carboxylic acids is 2. The van der Waals surface area contributed by atoms with E-state index in [1.165, 1.54) is 6.26 Å². The number of nitrogens with zero attached hydrogens (tertiary/aromatic N) is 1. The molecule has 0 unspecified atom stereocenters. The van der Waals surface area contributed by atoms with Crippen molar-refractivity contribution in [2.45, 2.75) is 64.3 Å². The highest BCUT2D eigenvalue weighted by Crippen LogP contribution is 2.43. The summed E-state index contributed by atoms with van der Waals surface area (Å²) in [4.78, 5) is 27.3. The standard InChI is InChI=1S/C18H26N2O4/c1-12(2)19-16(21)14-11-24-18(8-4-6-13(3)10-18)20(14)17(22)15-7-5-9-23-15/h5,7,9,12-14H,4,6,8,10-11H2,1-3H3,(H,19,21)/t13-,14-,18+/m1/s1. The van der Waals surface area contributed by atoms with E-state index >= 15 is 0 Å². The Morgan fingerprint density at radius 2 is 2.21 bits per heavy atom. The van der Waals surface area contributed by atoms with Crippen molar-refractivity contribution in [3.8, 4) is 0 Å². The van der Waals surface area contributed by atoms with E-state index in [4.69, 9.17) is 9.15 Å². The van der Waals surface area contributed by atoms with Crippen LogP contribution < -0.4 is 5.32 Å². The molecular weight excluding hydrogens is 308 g/mol. The molecule has 1 aliphatic heterocycles. The van der Waals surface area contributed by atoms with Gasteiger partial charge < -0.3 is 14.5 Å². The van der Waals surface area contributed by atoms with Gasteiger partial charge in [0, 0.05) is 6.04 Å². The zero-order valence-electron chi connectivity index (χ0n) is 14.6. The Hall–Kier alpha value is -1.82. The fraction of sp³-hybridized carbons (Fsp3) is 0.667. The van der Waals surface area contributed by atoms with E-state index in [9.17, 15) is 9.59 Å². The molecule has 1 spiro atoms. The van der Waals surface area contributed by atoms with Crippen molar-refractivity contribution < 1.29 is 18.7 Å². The lowest BCUT2D eigenvalue weighted by Gasteiger charge is -2.43. The van der Waals surface area contributed by atoms with Crippen LogP contribution in [0.15, 0.2) is 22.8 Å². The van der Waals surface area contributed by atoms with Gasteiger partial charge in [-0.3, -0.25) is 14.5 Å². The number of carbonyl (C=O) groups is 2. The maximum absolute atomic E-state index is 13.1. The molecule has 1 saturated heterocycles. The number of ether oxygens (including phenoxy) is 1. The van der Waals surface area contributed by atoms with Gasteiger partial charge in [-0.25, -0.2) is 0 Å². The topological polar surface area (TPSA) is 71.8 Å². The molecule has 0 radical (unpaired) electrons. The fourth-order valence-corrected chi connectivity index (χ4v) is 3.91. The number of amides is 2. The summed E-state index contributed by atoms with van der Waals surface area (Å²) < 4.78 is 11.4. The monoisotopic (exact) mass is 334 g/mol. The van der Waals surface area contributed by atoms with E-state index in [0.717, 1.165) is 25.7 Å². The molecule has 0 aromatic carbocycles. The van der Waals surface area contributed by atoms with Gasteiger partial charge in [-0.05, 0) is 51.2 Å². The van der Waals surface area contributed by atoms with E-state index in [1.54, 1.807) is 17.0 Å². The lowest BCUT2D eigenvalue weighted by molar-refractivity contribution is -0.129. The van der Waals surface area contributed by atoms with E-state index in [1.807, 2.05) is 13.8 Å².